The molecule has 1 saturated heterocycles. The van der Waals surface area contributed by atoms with E-state index < -0.39 is 12.1 Å². The number of nitrogens with zero attached hydrogens (tertiary/aromatic N) is 1. The second kappa shape index (κ2) is 2.71. The first-order valence-corrected chi connectivity index (χ1v) is 3.71. The molecule has 66 valence electrons. The predicted octanol–water partition coefficient (Wildman–Crippen LogP) is -0.636. The van der Waals surface area contributed by atoms with E-state index in [1.807, 2.05) is 18.9 Å². The van der Waals surface area contributed by atoms with E-state index in [2.05, 4.69) is 0 Å². The van der Waals surface area contributed by atoms with Gasteiger partial charge in [0.05, 0.1) is 12.6 Å². The van der Waals surface area contributed by atoms with Gasteiger partial charge in [-0.15, -0.1) is 0 Å². The molecule has 1 heterocycles. The van der Waals surface area contributed by atoms with Crippen molar-refractivity contribution in [2.24, 2.45) is 0 Å². The van der Waals surface area contributed by atoms with Crippen LogP contribution in [-0.2, 0) is 4.74 Å². The van der Waals surface area contributed by atoms with Crippen molar-refractivity contribution in [2.45, 2.75) is 32.0 Å². The van der Waals surface area contributed by atoms with Crippen molar-refractivity contribution in [3.05, 3.63) is 0 Å². The highest BCUT2D eigenvalue weighted by Crippen LogP contribution is 2.20. The average Bonchev–Trinajstić information content (AvgIpc) is 1.81. The molecule has 0 amide bonds. The lowest BCUT2D eigenvalue weighted by Crippen LogP contribution is -2.57. The second-order valence-corrected chi connectivity index (χ2v) is 3.34. The van der Waals surface area contributed by atoms with Crippen molar-refractivity contribution in [1.29, 1.82) is 0 Å². The lowest BCUT2D eigenvalue weighted by molar-refractivity contribution is -0.317. The van der Waals surface area contributed by atoms with Crippen LogP contribution in [-0.4, -0.2) is 46.8 Å². The topological polar surface area (TPSA) is 52.9 Å². The van der Waals surface area contributed by atoms with Gasteiger partial charge >= 0.3 is 0 Å². The molecule has 11 heavy (non-hydrogen) atoms. The van der Waals surface area contributed by atoms with E-state index in [1.54, 1.807) is 6.92 Å². The van der Waals surface area contributed by atoms with Crippen LogP contribution in [0.15, 0.2) is 0 Å². The highest BCUT2D eigenvalue weighted by atomic mass is 16.7. The molecule has 0 aromatic carbocycles. The van der Waals surface area contributed by atoms with Gasteiger partial charge in [0.1, 0.15) is 0 Å². The van der Waals surface area contributed by atoms with Crippen molar-refractivity contribution in [3.63, 3.8) is 0 Å². The molecule has 0 aliphatic carbocycles. The van der Waals surface area contributed by atoms with Gasteiger partial charge in [-0.25, -0.2) is 0 Å². The number of β-amino-alcohol motifs (C(OH)–C–C–N with tert-alkyl or cyclic N) is 1. The SMILES string of the molecule is C[C@H]1[C@@H](O)OC(C)(O)CN1C. The zero-order valence-electron chi connectivity index (χ0n) is 7.11. The van der Waals surface area contributed by atoms with Crippen LogP contribution in [0.4, 0.5) is 0 Å². The van der Waals surface area contributed by atoms with E-state index in [1.165, 1.54) is 0 Å². The van der Waals surface area contributed by atoms with Crippen LogP contribution in [0.1, 0.15) is 13.8 Å². The number of ether oxygens (including phenoxy) is 1. The molecule has 4 heteroatoms. The molecule has 4 nitrogen and oxygen atoms in total. The highest BCUT2D eigenvalue weighted by Gasteiger charge is 2.37. The van der Waals surface area contributed by atoms with E-state index >= 15 is 0 Å². The van der Waals surface area contributed by atoms with Crippen LogP contribution in [0.5, 0.6) is 0 Å². The summed E-state index contributed by atoms with van der Waals surface area (Å²) in [5.74, 6) is -1.22. The van der Waals surface area contributed by atoms with E-state index in [0.717, 1.165) is 0 Å². The summed E-state index contributed by atoms with van der Waals surface area (Å²) in [5.41, 5.74) is 0. The van der Waals surface area contributed by atoms with Crippen LogP contribution >= 0.6 is 0 Å². The number of morpholine rings is 1. The molecule has 3 atom stereocenters. The van der Waals surface area contributed by atoms with Crippen LogP contribution in [0.3, 0.4) is 0 Å². The van der Waals surface area contributed by atoms with E-state index in [0.29, 0.717) is 6.54 Å². The normalized spacial score (nSPS) is 47.7. The minimum Gasteiger partial charge on any atom is -0.366 e. The Hall–Kier alpha value is -0.160. The Balaban J connectivity index is 2.62. The number of hydrogen-bond acceptors (Lipinski definition) is 4. The third kappa shape index (κ3) is 1.90. The largest absolute Gasteiger partial charge is 0.366 e. The number of aliphatic hydroxyl groups excluding tert-OH is 1. The maximum Gasteiger partial charge on any atom is 0.178 e. The maximum absolute atomic E-state index is 9.41. The summed E-state index contributed by atoms with van der Waals surface area (Å²) >= 11 is 0. The van der Waals surface area contributed by atoms with Gasteiger partial charge in [0.15, 0.2) is 12.1 Å². The van der Waals surface area contributed by atoms with E-state index in [9.17, 15) is 10.2 Å². The fraction of sp³-hybridized carbons (Fsp3) is 1.00. The van der Waals surface area contributed by atoms with Gasteiger partial charge in [-0.2, -0.15) is 0 Å². The monoisotopic (exact) mass is 161 g/mol. The van der Waals surface area contributed by atoms with Gasteiger partial charge in [-0.05, 0) is 20.9 Å². The summed E-state index contributed by atoms with van der Waals surface area (Å²) in [7, 11) is 1.84. The summed E-state index contributed by atoms with van der Waals surface area (Å²) in [5, 5.41) is 18.7. The standard InChI is InChI=1S/C7H15NO3/c1-5-6(9)11-7(2,10)4-8(5)3/h5-6,9-10H,4H2,1-3H3/t5-,6-,7?/m0/s1. The molecule has 1 unspecified atom stereocenters. The Bertz CT molecular complexity index is 135. The first kappa shape index (κ1) is 8.93. The summed E-state index contributed by atoms with van der Waals surface area (Å²) in [6.45, 7) is 3.81. The fourth-order valence-electron chi connectivity index (χ4n) is 1.22. The molecule has 0 aromatic rings. The zero-order chi connectivity index (χ0) is 8.65. The number of likely N-dealkylation sites (N-methyl/N-ethyl adjacent to an activating group) is 1. The van der Waals surface area contributed by atoms with Crippen LogP contribution in [0.2, 0.25) is 0 Å². The summed E-state index contributed by atoms with van der Waals surface area (Å²) in [6, 6.07) is -0.0600. The van der Waals surface area contributed by atoms with Crippen molar-refractivity contribution >= 4 is 0 Å². The van der Waals surface area contributed by atoms with Crippen LogP contribution in [0.25, 0.3) is 0 Å². The predicted molar refractivity (Wildman–Crippen MR) is 39.8 cm³/mol. The van der Waals surface area contributed by atoms with E-state index in [4.69, 9.17) is 4.74 Å². The Morgan fingerprint density at radius 2 is 2.18 bits per heavy atom. The minimum absolute atomic E-state index is 0.0600. The Morgan fingerprint density at radius 1 is 1.64 bits per heavy atom. The fourth-order valence-corrected chi connectivity index (χ4v) is 1.22. The summed E-state index contributed by atoms with van der Waals surface area (Å²) in [4.78, 5) is 1.86. The molecular formula is C7H15NO3. The maximum atomic E-state index is 9.41. The Kier molecular flexibility index (Phi) is 2.20. The number of aliphatic hydroxyl groups is 2. The van der Waals surface area contributed by atoms with Crippen molar-refractivity contribution in [1.82, 2.24) is 4.90 Å². The molecule has 1 aliphatic rings. The zero-order valence-corrected chi connectivity index (χ0v) is 7.11. The highest BCUT2D eigenvalue weighted by molar-refractivity contribution is 4.79. The first-order valence-electron chi connectivity index (χ1n) is 3.71. The molecular weight excluding hydrogens is 146 g/mol. The minimum atomic E-state index is -1.22. The van der Waals surface area contributed by atoms with Gasteiger partial charge < -0.3 is 14.9 Å². The molecule has 0 aromatic heterocycles. The molecule has 1 rings (SSSR count). The Labute approximate surface area is 66.4 Å². The van der Waals surface area contributed by atoms with Crippen molar-refractivity contribution in [3.8, 4) is 0 Å². The van der Waals surface area contributed by atoms with Gasteiger partial charge in [0, 0.05) is 0 Å². The number of rotatable bonds is 0. The molecule has 0 bridgehead atoms. The van der Waals surface area contributed by atoms with E-state index in [-0.39, 0.29) is 6.04 Å². The molecule has 0 saturated carbocycles. The Morgan fingerprint density at radius 3 is 2.64 bits per heavy atom. The van der Waals surface area contributed by atoms with Crippen LogP contribution in [0, 0.1) is 0 Å². The van der Waals surface area contributed by atoms with Gasteiger partial charge in [0.2, 0.25) is 0 Å². The lowest BCUT2D eigenvalue weighted by Gasteiger charge is -2.42. The van der Waals surface area contributed by atoms with Gasteiger partial charge in [-0.1, -0.05) is 0 Å². The number of hydrogen-bond donors (Lipinski definition) is 2. The summed E-state index contributed by atoms with van der Waals surface area (Å²) in [6.07, 6.45) is -0.899. The van der Waals surface area contributed by atoms with Gasteiger partial charge in [-0.3, -0.25) is 4.90 Å². The quantitative estimate of drug-likeness (QED) is 0.496. The lowest BCUT2D eigenvalue weighted by atomic mass is 10.2. The van der Waals surface area contributed by atoms with Gasteiger partial charge in [0.25, 0.3) is 0 Å². The summed E-state index contributed by atoms with van der Waals surface area (Å²) < 4.78 is 4.93. The molecule has 2 N–H and O–H groups in total. The molecule has 0 spiro atoms. The third-order valence-corrected chi connectivity index (χ3v) is 2.03. The second-order valence-electron chi connectivity index (χ2n) is 3.34. The van der Waals surface area contributed by atoms with Crippen LogP contribution < -0.4 is 0 Å². The average molecular weight is 161 g/mol. The van der Waals surface area contributed by atoms with Crippen molar-refractivity contribution in [2.75, 3.05) is 13.6 Å². The third-order valence-electron chi connectivity index (χ3n) is 2.03. The smallest absolute Gasteiger partial charge is 0.178 e. The molecule has 1 aliphatic heterocycles. The molecule has 1 fully saturated rings. The first-order chi connectivity index (χ1) is 4.92. The molecule has 0 radical (unpaired) electrons. The van der Waals surface area contributed by atoms with Crippen molar-refractivity contribution < 1.29 is 14.9 Å².